The first-order chi connectivity index (χ1) is 18.0. The van der Waals surface area contributed by atoms with Gasteiger partial charge in [0.05, 0.1) is 41.6 Å². The monoisotopic (exact) mass is 510 g/mol. The number of nitrogens with zero attached hydrogens (tertiary/aromatic N) is 7. The van der Waals surface area contributed by atoms with Crippen molar-refractivity contribution in [2.45, 2.75) is 19.9 Å². The fourth-order valence-corrected chi connectivity index (χ4v) is 4.87. The number of fused-ring (bicyclic) bond motifs is 2. The minimum absolute atomic E-state index is 0.286. The van der Waals surface area contributed by atoms with Gasteiger partial charge in [0, 0.05) is 22.2 Å². The highest BCUT2D eigenvalue weighted by Crippen LogP contribution is 2.36. The SMILES string of the molecule is COc1ccc(-c2nn(C(C)c3nn(-c4cccnc4)c4cc(Cl)ccc34)c3ncnc(N)c23)cc1C. The van der Waals surface area contributed by atoms with Gasteiger partial charge in [0.15, 0.2) is 5.65 Å². The van der Waals surface area contributed by atoms with Crippen LogP contribution >= 0.6 is 11.6 Å². The summed E-state index contributed by atoms with van der Waals surface area (Å²) in [5, 5.41) is 12.3. The molecule has 0 aliphatic carbocycles. The van der Waals surface area contributed by atoms with E-state index >= 15 is 0 Å². The van der Waals surface area contributed by atoms with Gasteiger partial charge in [0.2, 0.25) is 0 Å². The molecule has 10 heteroatoms. The molecule has 0 aliphatic rings. The Hall–Kier alpha value is -4.50. The van der Waals surface area contributed by atoms with Gasteiger partial charge < -0.3 is 10.5 Å². The molecule has 0 saturated heterocycles. The van der Waals surface area contributed by atoms with Crippen LogP contribution in [-0.4, -0.2) is 41.6 Å². The first-order valence-electron chi connectivity index (χ1n) is 11.7. The Labute approximate surface area is 217 Å². The minimum Gasteiger partial charge on any atom is -0.496 e. The smallest absolute Gasteiger partial charge is 0.164 e. The summed E-state index contributed by atoms with van der Waals surface area (Å²) in [5.74, 6) is 1.17. The summed E-state index contributed by atoms with van der Waals surface area (Å²) in [6.45, 7) is 4.03. The third-order valence-electron chi connectivity index (χ3n) is 6.51. The number of benzene rings is 2. The van der Waals surface area contributed by atoms with Crippen LogP contribution in [0.4, 0.5) is 5.82 Å². The van der Waals surface area contributed by atoms with Gasteiger partial charge in [-0.1, -0.05) is 11.6 Å². The normalized spacial score (nSPS) is 12.3. The van der Waals surface area contributed by atoms with Crippen molar-refractivity contribution < 1.29 is 4.74 Å². The number of anilines is 1. The van der Waals surface area contributed by atoms with Crippen molar-refractivity contribution >= 4 is 39.4 Å². The van der Waals surface area contributed by atoms with Crippen LogP contribution in [0, 0.1) is 6.92 Å². The zero-order valence-electron chi connectivity index (χ0n) is 20.4. The van der Waals surface area contributed by atoms with E-state index in [1.807, 2.05) is 71.7 Å². The van der Waals surface area contributed by atoms with Gasteiger partial charge in [0.25, 0.3) is 0 Å². The Morgan fingerprint density at radius 2 is 1.92 bits per heavy atom. The number of halogens is 1. The summed E-state index contributed by atoms with van der Waals surface area (Å²) in [4.78, 5) is 13.1. The van der Waals surface area contributed by atoms with Crippen LogP contribution in [0.15, 0.2) is 67.3 Å². The first-order valence-corrected chi connectivity index (χ1v) is 12.1. The Morgan fingerprint density at radius 3 is 2.68 bits per heavy atom. The predicted molar refractivity (Wildman–Crippen MR) is 144 cm³/mol. The highest BCUT2D eigenvalue weighted by atomic mass is 35.5. The summed E-state index contributed by atoms with van der Waals surface area (Å²) in [5.41, 5.74) is 12.1. The molecule has 9 nitrogen and oxygen atoms in total. The minimum atomic E-state index is -0.286. The van der Waals surface area contributed by atoms with Gasteiger partial charge in [-0.2, -0.15) is 10.2 Å². The predicted octanol–water partition coefficient (Wildman–Crippen LogP) is 5.39. The maximum Gasteiger partial charge on any atom is 0.164 e. The second-order valence-corrected chi connectivity index (χ2v) is 9.22. The fraction of sp³-hybridized carbons (Fsp3) is 0.148. The number of nitrogens with two attached hydrogens (primary N) is 1. The summed E-state index contributed by atoms with van der Waals surface area (Å²) in [7, 11) is 1.65. The van der Waals surface area contributed by atoms with E-state index in [0.29, 0.717) is 27.6 Å². The molecule has 0 saturated carbocycles. The highest BCUT2D eigenvalue weighted by molar-refractivity contribution is 6.31. The van der Waals surface area contributed by atoms with Gasteiger partial charge in [-0.3, -0.25) is 4.98 Å². The second-order valence-electron chi connectivity index (χ2n) is 8.78. The van der Waals surface area contributed by atoms with Crippen molar-refractivity contribution in [1.29, 1.82) is 0 Å². The van der Waals surface area contributed by atoms with Crippen LogP contribution in [0.25, 0.3) is 38.9 Å². The molecular weight excluding hydrogens is 488 g/mol. The molecule has 37 heavy (non-hydrogen) atoms. The molecule has 184 valence electrons. The molecule has 4 heterocycles. The molecule has 1 unspecified atom stereocenters. The van der Waals surface area contributed by atoms with Crippen molar-refractivity contribution in [3.05, 3.63) is 83.5 Å². The Kier molecular flexibility index (Phi) is 5.49. The number of rotatable bonds is 5. The van der Waals surface area contributed by atoms with Gasteiger partial charge in [0.1, 0.15) is 23.6 Å². The van der Waals surface area contributed by atoms with E-state index < -0.39 is 0 Å². The molecule has 0 spiro atoms. The first kappa shape index (κ1) is 22.9. The topological polar surface area (TPSA) is 110 Å². The lowest BCUT2D eigenvalue weighted by Crippen LogP contribution is -2.11. The van der Waals surface area contributed by atoms with Crippen LogP contribution in [0.1, 0.15) is 24.2 Å². The Morgan fingerprint density at radius 1 is 1.05 bits per heavy atom. The number of aryl methyl sites for hydroxylation is 1. The number of pyridine rings is 1. The largest absolute Gasteiger partial charge is 0.496 e. The lowest BCUT2D eigenvalue weighted by Gasteiger charge is -2.11. The van der Waals surface area contributed by atoms with Crippen LogP contribution in [0.3, 0.4) is 0 Å². The number of aromatic nitrogens is 7. The number of nitrogen functional groups attached to an aromatic ring is 1. The Balaban J connectivity index is 1.57. The van der Waals surface area contributed by atoms with E-state index in [0.717, 1.165) is 39.2 Å². The van der Waals surface area contributed by atoms with Crippen molar-refractivity contribution in [2.75, 3.05) is 12.8 Å². The molecule has 4 aromatic heterocycles. The number of hydrogen-bond acceptors (Lipinski definition) is 7. The molecule has 0 amide bonds. The molecular formula is C27H23ClN8O. The van der Waals surface area contributed by atoms with E-state index in [2.05, 4.69) is 15.0 Å². The van der Waals surface area contributed by atoms with E-state index in [9.17, 15) is 0 Å². The molecule has 0 bridgehead atoms. The lowest BCUT2D eigenvalue weighted by molar-refractivity contribution is 0.412. The van der Waals surface area contributed by atoms with Gasteiger partial charge in [-0.15, -0.1) is 0 Å². The van der Waals surface area contributed by atoms with Crippen molar-refractivity contribution in [2.24, 2.45) is 0 Å². The molecule has 0 radical (unpaired) electrons. The van der Waals surface area contributed by atoms with Gasteiger partial charge in [-0.25, -0.2) is 19.3 Å². The standard InChI is InChI=1S/C27H23ClN8O/c1-15-11-17(6-9-22(15)37-3)25-23-26(29)31-14-32-27(23)35(34-25)16(2)24-20-8-7-18(28)12-21(20)36(33-24)19-5-4-10-30-13-19/h4-14,16H,1-3H3,(H2,29,31,32). The average molecular weight is 511 g/mol. The molecule has 2 aromatic carbocycles. The zero-order valence-corrected chi connectivity index (χ0v) is 21.2. The molecule has 0 fully saturated rings. The molecule has 0 aliphatic heterocycles. The molecule has 6 aromatic rings. The van der Waals surface area contributed by atoms with E-state index in [-0.39, 0.29) is 6.04 Å². The van der Waals surface area contributed by atoms with Gasteiger partial charge >= 0.3 is 0 Å². The molecule has 6 rings (SSSR count). The molecule has 2 N–H and O–H groups in total. The van der Waals surface area contributed by atoms with Crippen LogP contribution in [-0.2, 0) is 0 Å². The van der Waals surface area contributed by atoms with Gasteiger partial charge in [-0.05, 0) is 67.9 Å². The lowest BCUT2D eigenvalue weighted by atomic mass is 10.1. The van der Waals surface area contributed by atoms with Crippen molar-refractivity contribution in [3.8, 4) is 22.7 Å². The number of hydrogen-bond donors (Lipinski definition) is 1. The highest BCUT2D eigenvalue weighted by Gasteiger charge is 2.25. The maximum absolute atomic E-state index is 6.37. The van der Waals surface area contributed by atoms with Crippen LogP contribution in [0.2, 0.25) is 5.02 Å². The third kappa shape index (κ3) is 3.75. The summed E-state index contributed by atoms with van der Waals surface area (Å²) < 4.78 is 9.14. The fourth-order valence-electron chi connectivity index (χ4n) is 4.71. The zero-order chi connectivity index (χ0) is 25.7. The number of ether oxygens (including phenoxy) is 1. The quantitative estimate of drug-likeness (QED) is 0.331. The third-order valence-corrected chi connectivity index (χ3v) is 6.75. The van der Waals surface area contributed by atoms with Crippen LogP contribution in [0.5, 0.6) is 5.75 Å². The van der Waals surface area contributed by atoms with Crippen molar-refractivity contribution in [3.63, 3.8) is 0 Å². The average Bonchev–Trinajstić information content (AvgIpc) is 3.48. The Bertz CT molecular complexity index is 1780. The van der Waals surface area contributed by atoms with Crippen LogP contribution < -0.4 is 10.5 Å². The summed E-state index contributed by atoms with van der Waals surface area (Å²) >= 11 is 6.37. The van der Waals surface area contributed by atoms with E-state index in [1.54, 1.807) is 19.5 Å². The molecule has 1 atom stereocenters. The maximum atomic E-state index is 6.37. The van der Waals surface area contributed by atoms with Crippen molar-refractivity contribution in [1.82, 2.24) is 34.5 Å². The van der Waals surface area contributed by atoms with E-state index in [4.69, 9.17) is 32.3 Å². The summed E-state index contributed by atoms with van der Waals surface area (Å²) in [6, 6.07) is 15.2. The van der Waals surface area contributed by atoms with E-state index in [1.165, 1.54) is 6.33 Å². The second kappa shape index (κ2) is 8.86. The number of methoxy groups -OCH3 is 1. The summed E-state index contributed by atoms with van der Waals surface area (Å²) in [6.07, 6.45) is 4.95.